The molecule has 0 aromatic rings. The van der Waals surface area contributed by atoms with Crippen LogP contribution in [0.3, 0.4) is 0 Å². The van der Waals surface area contributed by atoms with Crippen molar-refractivity contribution in [2.45, 2.75) is 0 Å². The quantitative estimate of drug-likeness (QED) is 0.481. The first-order chi connectivity index (χ1) is 2.64. The highest BCUT2D eigenvalue weighted by Crippen LogP contribution is 2.30. The average molecular weight is 137 g/mol. The molecule has 0 amide bonds. The molecule has 0 spiro atoms. The molecular weight excluding hydrogens is 129 g/mol. The topological polar surface area (TPSA) is 0 Å². The second-order valence-corrected chi connectivity index (χ2v) is 3.59. The molecule has 0 saturated heterocycles. The summed E-state index contributed by atoms with van der Waals surface area (Å²) < 4.78 is 0. The van der Waals surface area contributed by atoms with Crippen LogP contribution in [0.5, 0.6) is 0 Å². The molecule has 35 valence electrons. The van der Waals surface area contributed by atoms with E-state index >= 15 is 0 Å². The van der Waals surface area contributed by atoms with Crippen molar-refractivity contribution in [1.82, 2.24) is 0 Å². The van der Waals surface area contributed by atoms with Crippen molar-refractivity contribution in [1.29, 1.82) is 0 Å². The fraction of sp³-hybridized carbons (Fsp3) is 0. The smallest absolute Gasteiger partial charge is 0.0394 e. The molecule has 0 aliphatic heterocycles. The van der Waals surface area contributed by atoms with Gasteiger partial charge in [0.15, 0.2) is 0 Å². The van der Waals surface area contributed by atoms with Crippen molar-refractivity contribution in [3.8, 4) is 0 Å². The Morgan fingerprint density at radius 2 is 1.33 bits per heavy atom. The molecule has 0 aliphatic rings. The molecule has 0 saturated carbocycles. The Hall–Kier alpha value is 1.03. The highest BCUT2D eigenvalue weighted by molar-refractivity contribution is 7.46. The molecule has 3 atom stereocenters. The zero-order chi connectivity index (χ0) is 5.15. The van der Waals surface area contributed by atoms with Crippen molar-refractivity contribution >= 4 is 27.7 Å². The van der Waals surface area contributed by atoms with Gasteiger partial charge in [-0.1, -0.05) is 6.58 Å². The summed E-state index contributed by atoms with van der Waals surface area (Å²) in [7, 11) is 7.56. The van der Waals surface area contributed by atoms with E-state index in [0.29, 0.717) is 0 Å². The van der Waals surface area contributed by atoms with Crippen molar-refractivity contribution in [2.75, 3.05) is 0 Å². The van der Waals surface area contributed by atoms with E-state index < -0.39 is 0 Å². The van der Waals surface area contributed by atoms with E-state index in [0.717, 1.165) is 10.7 Å². The van der Waals surface area contributed by atoms with Crippen molar-refractivity contribution < 1.29 is 0 Å². The highest BCUT2D eigenvalue weighted by Gasteiger charge is 1.89. The normalized spacial score (nSPS) is 9.33. The molecule has 0 aromatic heterocycles. The van der Waals surface area contributed by atoms with Crippen molar-refractivity contribution in [3.63, 3.8) is 0 Å². The predicted molar refractivity (Wildman–Crippen MR) is 41.5 cm³/mol. The van der Waals surface area contributed by atoms with Gasteiger partial charge in [-0.3, -0.25) is 0 Å². The Kier molecular flexibility index (Phi) is 3.62. The van der Waals surface area contributed by atoms with Gasteiger partial charge in [0.1, 0.15) is 0 Å². The van der Waals surface area contributed by atoms with Crippen molar-refractivity contribution in [3.05, 3.63) is 17.3 Å². The van der Waals surface area contributed by atoms with Gasteiger partial charge in [0.2, 0.25) is 0 Å². The summed E-state index contributed by atoms with van der Waals surface area (Å²) in [6, 6.07) is 0. The summed E-state index contributed by atoms with van der Waals surface area (Å²) >= 11 is 0. The van der Waals surface area contributed by atoms with Crippen LogP contribution in [0.15, 0.2) is 11.9 Å². The summed E-state index contributed by atoms with van der Waals surface area (Å²) in [5.74, 6) is 0. The van der Waals surface area contributed by atoms with Crippen LogP contribution in [0.25, 0.3) is 0 Å². The van der Waals surface area contributed by atoms with E-state index in [2.05, 4.69) is 34.3 Å². The minimum Gasteiger partial charge on any atom is -0.121 e. The fourth-order valence-electron chi connectivity index (χ4n) is 0. The van der Waals surface area contributed by atoms with E-state index in [9.17, 15) is 0 Å². The maximum absolute atomic E-state index is 3.64. The van der Waals surface area contributed by atoms with Gasteiger partial charge in [0.25, 0.3) is 0 Å². The lowest BCUT2D eigenvalue weighted by Gasteiger charge is -1.96. The van der Waals surface area contributed by atoms with Crippen LogP contribution in [-0.4, -0.2) is 0 Å². The molecule has 0 heterocycles. The largest absolute Gasteiger partial charge is 0.121 e. The lowest BCUT2D eigenvalue weighted by Crippen LogP contribution is -1.63. The van der Waals surface area contributed by atoms with Gasteiger partial charge in [-0.05, 0) is 5.31 Å². The third-order valence-corrected chi connectivity index (χ3v) is 2.11. The van der Waals surface area contributed by atoms with E-state index in [4.69, 9.17) is 0 Å². The average Bonchev–Trinajstić information content (AvgIpc) is 1.36. The van der Waals surface area contributed by atoms with E-state index in [-0.39, 0.29) is 0 Å². The Bertz CT molecular complexity index is 57.1. The van der Waals surface area contributed by atoms with Crippen LogP contribution in [0.4, 0.5) is 0 Å². The third kappa shape index (κ3) is 3.23. The number of rotatable bonds is 1. The first-order valence-corrected chi connectivity index (χ1v) is 3.20. The van der Waals surface area contributed by atoms with Crippen LogP contribution in [0, 0.1) is 5.40 Å². The summed E-state index contributed by atoms with van der Waals surface area (Å²) in [5, 5.41) is 2.13. The lowest BCUT2D eigenvalue weighted by molar-refractivity contribution is 1.92. The van der Waals surface area contributed by atoms with Crippen molar-refractivity contribution in [2.24, 2.45) is 0 Å². The van der Waals surface area contributed by atoms with Crippen LogP contribution in [0.2, 0.25) is 0 Å². The van der Waals surface area contributed by atoms with E-state index in [1.165, 1.54) is 0 Å². The molecule has 0 rings (SSSR count). The summed E-state index contributed by atoms with van der Waals surface area (Å²) in [4.78, 5) is 0. The molecule has 0 N–H and O–H groups in total. The first kappa shape index (κ1) is 7.03. The zero-order valence-electron chi connectivity index (χ0n) is 3.44. The standard InChI is InChI=1S/C3H8P3/c1-2(4)3(5)6/h1,4-6H2. The van der Waals surface area contributed by atoms with E-state index in [1.54, 1.807) is 0 Å². The predicted octanol–water partition coefficient (Wildman–Crippen LogP) is 1.61. The van der Waals surface area contributed by atoms with Gasteiger partial charge in [0.05, 0.1) is 0 Å². The van der Waals surface area contributed by atoms with Gasteiger partial charge in [-0.25, -0.2) is 0 Å². The minimum absolute atomic E-state index is 1.02. The van der Waals surface area contributed by atoms with Gasteiger partial charge < -0.3 is 0 Å². The van der Waals surface area contributed by atoms with Crippen LogP contribution >= 0.6 is 27.7 Å². The summed E-state index contributed by atoms with van der Waals surface area (Å²) in [6.07, 6.45) is 0. The zero-order valence-corrected chi connectivity index (χ0v) is 6.90. The van der Waals surface area contributed by atoms with Crippen LogP contribution < -0.4 is 0 Å². The van der Waals surface area contributed by atoms with Gasteiger partial charge in [0, 0.05) is 5.40 Å². The summed E-state index contributed by atoms with van der Waals surface area (Å²) in [5.41, 5.74) is 0. The number of hydrogen-bond donors (Lipinski definition) is 0. The maximum Gasteiger partial charge on any atom is 0.0394 e. The Morgan fingerprint density at radius 3 is 1.33 bits per heavy atom. The molecule has 0 fully saturated rings. The Balaban J connectivity index is 3.26. The van der Waals surface area contributed by atoms with Gasteiger partial charge in [-0.15, -0.1) is 27.7 Å². The van der Waals surface area contributed by atoms with Gasteiger partial charge in [-0.2, -0.15) is 0 Å². The molecule has 3 heteroatoms. The molecule has 0 bridgehead atoms. The first-order valence-electron chi connectivity index (χ1n) is 1.47. The molecular formula is C3H8P3. The second kappa shape index (κ2) is 3.09. The Labute approximate surface area is 45.8 Å². The number of allylic oxidation sites excluding steroid dienone is 1. The SMILES string of the molecule is C=C(P)[C](P)P. The molecule has 0 aliphatic carbocycles. The highest BCUT2D eigenvalue weighted by atomic mass is 31.1. The molecule has 3 unspecified atom stereocenters. The molecule has 1 radical (unpaired) electrons. The molecule has 0 nitrogen and oxygen atoms in total. The fourth-order valence-corrected chi connectivity index (χ4v) is 0. The summed E-state index contributed by atoms with van der Waals surface area (Å²) in [6.45, 7) is 3.64. The van der Waals surface area contributed by atoms with Crippen LogP contribution in [0.1, 0.15) is 0 Å². The Morgan fingerprint density at radius 1 is 1.17 bits per heavy atom. The van der Waals surface area contributed by atoms with Crippen LogP contribution in [-0.2, 0) is 0 Å². The van der Waals surface area contributed by atoms with Gasteiger partial charge >= 0.3 is 0 Å². The molecule has 6 heavy (non-hydrogen) atoms. The van der Waals surface area contributed by atoms with E-state index in [1.807, 2.05) is 0 Å². The lowest BCUT2D eigenvalue weighted by atomic mass is 10.7. The monoisotopic (exact) mass is 137 g/mol. The minimum atomic E-state index is 1.02. The maximum atomic E-state index is 3.64. The molecule has 0 aromatic carbocycles. The number of hydrogen-bond acceptors (Lipinski definition) is 0. The second-order valence-electron chi connectivity index (χ2n) is 0.981. The third-order valence-electron chi connectivity index (χ3n) is 0.371.